The fourth-order valence-electron chi connectivity index (χ4n) is 3.46. The van der Waals surface area contributed by atoms with E-state index in [1.807, 2.05) is 30.3 Å². The largest absolute Gasteiger partial charge is 0.339 e. The second-order valence-corrected chi connectivity index (χ2v) is 7.57. The fraction of sp³-hybridized carbons (Fsp3) is 0.263. The van der Waals surface area contributed by atoms with Crippen LogP contribution in [-0.2, 0) is 0 Å². The molecule has 1 saturated carbocycles. The van der Waals surface area contributed by atoms with Crippen LogP contribution >= 0.6 is 15.9 Å². The minimum absolute atomic E-state index is 0.133. The van der Waals surface area contributed by atoms with E-state index in [0.717, 1.165) is 15.9 Å². The average molecular weight is 369 g/mol. The van der Waals surface area contributed by atoms with Gasteiger partial charge in [0.1, 0.15) is 0 Å². The van der Waals surface area contributed by atoms with Crippen molar-refractivity contribution in [2.45, 2.75) is 25.7 Å². The van der Waals surface area contributed by atoms with E-state index in [9.17, 15) is 0 Å². The average Bonchev–Trinajstić information content (AvgIpc) is 2.92. The summed E-state index contributed by atoms with van der Waals surface area (Å²) in [6, 6.07) is 18.5. The van der Waals surface area contributed by atoms with Crippen molar-refractivity contribution in [1.82, 2.24) is 10.1 Å². The molecule has 0 spiro atoms. The first-order valence-corrected chi connectivity index (χ1v) is 8.51. The Bertz CT molecular complexity index is 824. The summed E-state index contributed by atoms with van der Waals surface area (Å²) in [5, 5.41) is 4.16. The second-order valence-electron chi connectivity index (χ2n) is 6.65. The maximum atomic E-state index is 5.58. The van der Waals surface area contributed by atoms with Crippen LogP contribution in [0.1, 0.15) is 37.1 Å². The van der Waals surface area contributed by atoms with Gasteiger partial charge < -0.3 is 4.52 Å². The number of nitrogens with zero attached hydrogens (tertiary/aromatic N) is 2. The Balaban J connectivity index is 1.64. The summed E-state index contributed by atoms with van der Waals surface area (Å²) < 4.78 is 6.68. The lowest BCUT2D eigenvalue weighted by Gasteiger charge is -2.02. The van der Waals surface area contributed by atoms with E-state index in [4.69, 9.17) is 4.52 Å². The van der Waals surface area contributed by atoms with Crippen molar-refractivity contribution in [3.63, 3.8) is 0 Å². The molecule has 0 N–H and O–H groups in total. The molecule has 0 bridgehead atoms. The van der Waals surface area contributed by atoms with Crippen molar-refractivity contribution >= 4 is 15.9 Å². The van der Waals surface area contributed by atoms with Gasteiger partial charge in [-0.2, -0.15) is 4.98 Å². The van der Waals surface area contributed by atoms with Gasteiger partial charge in [0.05, 0.1) is 5.92 Å². The van der Waals surface area contributed by atoms with Gasteiger partial charge in [-0.05, 0) is 23.1 Å². The highest BCUT2D eigenvalue weighted by molar-refractivity contribution is 9.10. The topological polar surface area (TPSA) is 38.9 Å². The van der Waals surface area contributed by atoms with E-state index in [0.29, 0.717) is 11.7 Å². The summed E-state index contributed by atoms with van der Waals surface area (Å²) in [6.45, 7) is 4.52. The molecule has 0 amide bonds. The van der Waals surface area contributed by atoms with Gasteiger partial charge in [0.15, 0.2) is 0 Å². The van der Waals surface area contributed by atoms with Crippen LogP contribution in [-0.4, -0.2) is 10.1 Å². The number of halogens is 1. The summed E-state index contributed by atoms with van der Waals surface area (Å²) in [4.78, 5) is 4.64. The van der Waals surface area contributed by atoms with Crippen molar-refractivity contribution in [2.75, 3.05) is 0 Å². The molecular weight excluding hydrogens is 352 g/mol. The first kappa shape index (κ1) is 14.6. The van der Waals surface area contributed by atoms with E-state index < -0.39 is 0 Å². The molecule has 0 unspecified atom stereocenters. The van der Waals surface area contributed by atoms with Gasteiger partial charge in [0, 0.05) is 16.0 Å². The zero-order valence-corrected chi connectivity index (χ0v) is 14.6. The van der Waals surface area contributed by atoms with Crippen LogP contribution < -0.4 is 0 Å². The molecule has 2 atom stereocenters. The predicted molar refractivity (Wildman–Crippen MR) is 93.1 cm³/mol. The Morgan fingerprint density at radius 1 is 0.957 bits per heavy atom. The molecule has 0 aliphatic heterocycles. The molecule has 4 rings (SSSR count). The third-order valence-corrected chi connectivity index (χ3v) is 5.32. The molecule has 4 heteroatoms. The molecule has 1 aliphatic carbocycles. The van der Waals surface area contributed by atoms with Crippen molar-refractivity contribution in [1.29, 1.82) is 0 Å². The summed E-state index contributed by atoms with van der Waals surface area (Å²) in [6.07, 6.45) is 0. The first-order chi connectivity index (χ1) is 11.1. The highest BCUT2D eigenvalue weighted by Crippen LogP contribution is 2.69. The minimum atomic E-state index is 0.133. The Labute approximate surface area is 143 Å². The maximum Gasteiger partial charge on any atom is 0.231 e. The third kappa shape index (κ3) is 2.51. The number of benzene rings is 2. The number of rotatable bonds is 3. The van der Waals surface area contributed by atoms with Gasteiger partial charge in [-0.25, -0.2) is 0 Å². The molecular formula is C19H17BrN2O. The SMILES string of the molecule is CC1(C)[C@@H](c2ccc(Br)cc2)[C@@H]1c1nc(-c2ccccc2)no1. The molecule has 23 heavy (non-hydrogen) atoms. The number of hydrogen-bond acceptors (Lipinski definition) is 3. The smallest absolute Gasteiger partial charge is 0.231 e. The van der Waals surface area contributed by atoms with Crippen LogP contribution in [0.3, 0.4) is 0 Å². The van der Waals surface area contributed by atoms with E-state index in [1.54, 1.807) is 0 Å². The van der Waals surface area contributed by atoms with Crippen molar-refractivity contribution in [2.24, 2.45) is 5.41 Å². The normalized spacial score (nSPS) is 22.0. The number of hydrogen-bond donors (Lipinski definition) is 0. The lowest BCUT2D eigenvalue weighted by atomic mass is 10.0. The van der Waals surface area contributed by atoms with E-state index in [1.165, 1.54) is 5.56 Å². The Morgan fingerprint density at radius 2 is 1.65 bits per heavy atom. The van der Waals surface area contributed by atoms with Crippen molar-refractivity contribution < 1.29 is 4.52 Å². The Kier molecular flexibility index (Phi) is 3.38. The van der Waals surface area contributed by atoms with Gasteiger partial charge in [-0.1, -0.05) is 77.4 Å². The molecule has 3 nitrogen and oxygen atoms in total. The first-order valence-electron chi connectivity index (χ1n) is 7.72. The van der Waals surface area contributed by atoms with E-state index in [-0.39, 0.29) is 11.3 Å². The predicted octanol–water partition coefficient (Wildman–Crippen LogP) is 5.41. The lowest BCUT2D eigenvalue weighted by molar-refractivity contribution is 0.368. The highest BCUT2D eigenvalue weighted by atomic mass is 79.9. The van der Waals surface area contributed by atoms with Gasteiger partial charge in [-0.3, -0.25) is 0 Å². The van der Waals surface area contributed by atoms with Crippen molar-refractivity contribution in [3.8, 4) is 11.4 Å². The molecule has 1 fully saturated rings. The minimum Gasteiger partial charge on any atom is -0.339 e. The summed E-state index contributed by atoms with van der Waals surface area (Å²) in [7, 11) is 0. The van der Waals surface area contributed by atoms with Crippen LogP contribution in [0.4, 0.5) is 0 Å². The van der Waals surface area contributed by atoms with Gasteiger partial charge in [-0.15, -0.1) is 0 Å². The molecule has 1 heterocycles. The summed E-state index contributed by atoms with van der Waals surface area (Å²) >= 11 is 3.49. The second kappa shape index (κ2) is 5.31. The Morgan fingerprint density at radius 3 is 2.35 bits per heavy atom. The molecule has 3 aromatic rings. The zero-order chi connectivity index (χ0) is 16.0. The molecule has 1 aliphatic rings. The third-order valence-electron chi connectivity index (χ3n) is 4.80. The van der Waals surface area contributed by atoms with Crippen LogP contribution in [0, 0.1) is 5.41 Å². The summed E-state index contributed by atoms with van der Waals surface area (Å²) in [5.41, 5.74) is 2.44. The molecule has 1 aromatic heterocycles. The van der Waals surface area contributed by atoms with Crippen LogP contribution in [0.2, 0.25) is 0 Å². The standard InChI is InChI=1S/C19H17BrN2O/c1-19(2)15(12-8-10-14(20)11-9-12)16(19)18-21-17(22-23-18)13-6-4-3-5-7-13/h3-11,15-16H,1-2H3/t15-,16+/m0/s1. The highest BCUT2D eigenvalue weighted by Gasteiger charge is 2.61. The molecule has 0 saturated heterocycles. The van der Waals surface area contributed by atoms with Crippen molar-refractivity contribution in [3.05, 3.63) is 70.5 Å². The number of aromatic nitrogens is 2. The van der Waals surface area contributed by atoms with E-state index in [2.05, 4.69) is 64.2 Å². The fourth-order valence-corrected chi connectivity index (χ4v) is 3.72. The molecule has 0 radical (unpaired) electrons. The quantitative estimate of drug-likeness (QED) is 0.620. The molecule has 2 aromatic carbocycles. The van der Waals surface area contributed by atoms with Crippen LogP contribution in [0.25, 0.3) is 11.4 Å². The van der Waals surface area contributed by atoms with Gasteiger partial charge in [0.25, 0.3) is 0 Å². The zero-order valence-electron chi connectivity index (χ0n) is 13.0. The van der Waals surface area contributed by atoms with Crippen LogP contribution in [0.5, 0.6) is 0 Å². The monoisotopic (exact) mass is 368 g/mol. The maximum absolute atomic E-state index is 5.58. The summed E-state index contributed by atoms with van der Waals surface area (Å²) in [5.74, 6) is 2.09. The van der Waals surface area contributed by atoms with E-state index >= 15 is 0 Å². The van der Waals surface area contributed by atoms with Gasteiger partial charge in [0.2, 0.25) is 11.7 Å². The lowest BCUT2D eigenvalue weighted by Crippen LogP contribution is -1.90. The van der Waals surface area contributed by atoms with Crippen LogP contribution in [0.15, 0.2) is 63.6 Å². The Hall–Kier alpha value is -1.94. The molecule has 116 valence electrons. The van der Waals surface area contributed by atoms with Gasteiger partial charge >= 0.3 is 0 Å².